The zero-order chi connectivity index (χ0) is 17.1. The topological polar surface area (TPSA) is 76.3 Å². The molecule has 0 bridgehead atoms. The molecule has 0 unspecified atom stereocenters. The number of benzene rings is 1. The molecule has 0 spiro atoms. The first-order chi connectivity index (χ1) is 11.5. The maximum absolute atomic E-state index is 12.5. The predicted molar refractivity (Wildman–Crippen MR) is 92.2 cm³/mol. The van der Waals surface area contributed by atoms with E-state index in [1.165, 1.54) is 5.56 Å². The van der Waals surface area contributed by atoms with Crippen LogP contribution in [-0.2, 0) is 27.8 Å². The molecule has 128 valence electrons. The van der Waals surface area contributed by atoms with Gasteiger partial charge in [-0.2, -0.15) is 4.98 Å². The van der Waals surface area contributed by atoms with Crippen LogP contribution in [0.25, 0.3) is 0 Å². The zero-order valence-corrected chi connectivity index (χ0v) is 14.7. The lowest BCUT2D eigenvalue weighted by atomic mass is 10.0. The Morgan fingerprint density at radius 3 is 2.92 bits per heavy atom. The van der Waals surface area contributed by atoms with Crippen LogP contribution < -0.4 is 4.90 Å². The lowest BCUT2D eigenvalue weighted by Crippen LogP contribution is -2.38. The fraction of sp³-hybridized carbons (Fsp3) is 0.471. The number of hydrogen-bond acceptors (Lipinski definition) is 5. The van der Waals surface area contributed by atoms with Crippen LogP contribution in [0.1, 0.15) is 43.5 Å². The second-order valence-corrected chi connectivity index (χ2v) is 7.66. The van der Waals surface area contributed by atoms with Crippen LogP contribution in [0.15, 0.2) is 28.8 Å². The van der Waals surface area contributed by atoms with Crippen molar-refractivity contribution in [1.29, 1.82) is 0 Å². The Morgan fingerprint density at radius 1 is 1.38 bits per heavy atom. The third-order valence-electron chi connectivity index (χ3n) is 3.98. The van der Waals surface area contributed by atoms with E-state index >= 15 is 0 Å². The maximum Gasteiger partial charge on any atom is 0.239 e. The van der Waals surface area contributed by atoms with Gasteiger partial charge in [0.2, 0.25) is 11.8 Å². The molecule has 0 fully saturated rings. The monoisotopic (exact) mass is 347 g/mol. The molecule has 24 heavy (non-hydrogen) atoms. The largest absolute Gasteiger partial charge is 0.338 e. The van der Waals surface area contributed by atoms with Gasteiger partial charge in [0.05, 0.1) is 0 Å². The summed E-state index contributed by atoms with van der Waals surface area (Å²) in [5.74, 6) is 1.03. The van der Waals surface area contributed by atoms with Crippen LogP contribution in [0.5, 0.6) is 0 Å². The van der Waals surface area contributed by atoms with Gasteiger partial charge in [0, 0.05) is 28.9 Å². The van der Waals surface area contributed by atoms with Crippen molar-refractivity contribution in [2.24, 2.45) is 0 Å². The molecule has 1 atom stereocenters. The molecular weight excluding hydrogens is 326 g/mol. The third kappa shape index (κ3) is 3.72. The number of aryl methyl sites for hydroxylation is 1. The molecule has 0 aliphatic carbocycles. The van der Waals surface area contributed by atoms with Gasteiger partial charge in [-0.3, -0.25) is 9.00 Å². The standard InChI is InChI=1S/C17H21N3O3S/c1-12(2)17-18-15(23-19-17)10-24(22)11-16(21)20-9-5-7-13-6-3-4-8-14(13)20/h3-4,6,8,12H,5,7,9-11H2,1-2H3/t24-/m0/s1. The highest BCUT2D eigenvalue weighted by Gasteiger charge is 2.24. The van der Waals surface area contributed by atoms with E-state index in [0.717, 1.165) is 18.5 Å². The van der Waals surface area contributed by atoms with E-state index in [1.807, 2.05) is 38.1 Å². The molecule has 2 heterocycles. The van der Waals surface area contributed by atoms with Crippen LogP contribution >= 0.6 is 0 Å². The SMILES string of the molecule is CC(C)c1noc(C[S@](=O)CC(=O)N2CCCc3ccccc32)n1. The van der Waals surface area contributed by atoms with E-state index < -0.39 is 10.8 Å². The molecule has 7 heteroatoms. The van der Waals surface area contributed by atoms with Gasteiger partial charge in [-0.05, 0) is 24.5 Å². The minimum Gasteiger partial charge on any atom is -0.338 e. The number of carbonyl (C=O) groups is 1. The van der Waals surface area contributed by atoms with Crippen LogP contribution in [0.3, 0.4) is 0 Å². The quantitative estimate of drug-likeness (QED) is 0.830. The number of carbonyl (C=O) groups excluding carboxylic acids is 1. The zero-order valence-electron chi connectivity index (χ0n) is 13.9. The van der Waals surface area contributed by atoms with Gasteiger partial charge in [-0.15, -0.1) is 0 Å². The first kappa shape index (κ1) is 16.8. The van der Waals surface area contributed by atoms with Crippen LogP contribution in [0.2, 0.25) is 0 Å². The summed E-state index contributed by atoms with van der Waals surface area (Å²) >= 11 is 0. The highest BCUT2D eigenvalue weighted by atomic mass is 32.2. The molecule has 0 radical (unpaired) electrons. The smallest absolute Gasteiger partial charge is 0.239 e. The molecule has 3 rings (SSSR count). The van der Waals surface area contributed by atoms with E-state index in [4.69, 9.17) is 4.52 Å². The number of fused-ring (bicyclic) bond motifs is 1. The predicted octanol–water partition coefficient (Wildman–Crippen LogP) is 2.42. The van der Waals surface area contributed by atoms with Crippen molar-refractivity contribution >= 4 is 22.4 Å². The van der Waals surface area contributed by atoms with Gasteiger partial charge >= 0.3 is 0 Å². The second-order valence-electron chi connectivity index (χ2n) is 6.21. The van der Waals surface area contributed by atoms with Crippen molar-refractivity contribution in [1.82, 2.24) is 10.1 Å². The van der Waals surface area contributed by atoms with Gasteiger partial charge < -0.3 is 9.42 Å². The number of nitrogens with zero attached hydrogens (tertiary/aromatic N) is 3. The van der Waals surface area contributed by atoms with Gasteiger partial charge in [0.1, 0.15) is 11.5 Å². The average Bonchev–Trinajstić information content (AvgIpc) is 3.02. The second kappa shape index (κ2) is 7.25. The summed E-state index contributed by atoms with van der Waals surface area (Å²) in [4.78, 5) is 18.5. The minimum absolute atomic E-state index is 0.0340. The van der Waals surface area contributed by atoms with Crippen molar-refractivity contribution in [2.45, 2.75) is 38.4 Å². The van der Waals surface area contributed by atoms with Gasteiger partial charge in [0.25, 0.3) is 0 Å². The van der Waals surface area contributed by atoms with Crippen molar-refractivity contribution in [3.05, 3.63) is 41.5 Å². The molecule has 2 aromatic rings. The van der Waals surface area contributed by atoms with E-state index in [-0.39, 0.29) is 23.3 Å². The fourth-order valence-electron chi connectivity index (χ4n) is 2.76. The van der Waals surface area contributed by atoms with Crippen molar-refractivity contribution in [2.75, 3.05) is 17.2 Å². The Hall–Kier alpha value is -2.02. The molecule has 1 amide bonds. The molecule has 1 aromatic carbocycles. The lowest BCUT2D eigenvalue weighted by molar-refractivity contribution is -0.116. The summed E-state index contributed by atoms with van der Waals surface area (Å²) in [6.45, 7) is 4.59. The fourth-order valence-corrected chi connectivity index (χ4v) is 3.68. The van der Waals surface area contributed by atoms with Gasteiger partial charge in [0.15, 0.2) is 5.82 Å². The van der Waals surface area contributed by atoms with E-state index in [1.54, 1.807) is 4.90 Å². The molecular formula is C17H21N3O3S. The van der Waals surface area contributed by atoms with Crippen molar-refractivity contribution < 1.29 is 13.5 Å². The molecule has 1 aliphatic rings. The lowest BCUT2D eigenvalue weighted by Gasteiger charge is -2.29. The molecule has 1 aliphatic heterocycles. The number of para-hydroxylation sites is 1. The number of aromatic nitrogens is 2. The summed E-state index contributed by atoms with van der Waals surface area (Å²) in [5, 5.41) is 3.85. The highest BCUT2D eigenvalue weighted by molar-refractivity contribution is 7.84. The van der Waals surface area contributed by atoms with Gasteiger partial charge in [-0.1, -0.05) is 37.2 Å². The van der Waals surface area contributed by atoms with Gasteiger partial charge in [-0.25, -0.2) is 0 Å². The molecule has 0 saturated carbocycles. The molecule has 1 aromatic heterocycles. The maximum atomic E-state index is 12.5. The minimum atomic E-state index is -1.37. The van der Waals surface area contributed by atoms with E-state index in [2.05, 4.69) is 10.1 Å². The Kier molecular flexibility index (Phi) is 5.08. The Bertz CT molecular complexity index is 757. The summed E-state index contributed by atoms with van der Waals surface area (Å²) in [6.07, 6.45) is 1.90. The summed E-state index contributed by atoms with van der Waals surface area (Å²) in [7, 11) is -1.37. The summed E-state index contributed by atoms with van der Waals surface area (Å²) in [6, 6.07) is 7.89. The summed E-state index contributed by atoms with van der Waals surface area (Å²) in [5.41, 5.74) is 2.10. The molecule has 0 saturated heterocycles. The number of hydrogen-bond donors (Lipinski definition) is 0. The average molecular weight is 347 g/mol. The first-order valence-corrected chi connectivity index (χ1v) is 9.59. The van der Waals surface area contributed by atoms with E-state index in [9.17, 15) is 9.00 Å². The highest BCUT2D eigenvalue weighted by Crippen LogP contribution is 2.26. The number of rotatable bonds is 5. The Balaban J connectivity index is 1.63. The van der Waals surface area contributed by atoms with Crippen LogP contribution in [-0.4, -0.2) is 32.6 Å². The van der Waals surface area contributed by atoms with E-state index in [0.29, 0.717) is 18.3 Å². The van der Waals surface area contributed by atoms with Crippen molar-refractivity contribution in [3.8, 4) is 0 Å². The first-order valence-electron chi connectivity index (χ1n) is 8.10. The van der Waals surface area contributed by atoms with Crippen LogP contribution in [0.4, 0.5) is 5.69 Å². The normalized spacial score (nSPS) is 15.4. The molecule has 0 N–H and O–H groups in total. The molecule has 6 nitrogen and oxygen atoms in total. The Morgan fingerprint density at radius 2 is 2.17 bits per heavy atom. The number of anilines is 1. The number of amides is 1. The van der Waals surface area contributed by atoms with Crippen molar-refractivity contribution in [3.63, 3.8) is 0 Å². The Labute approximate surface area is 143 Å². The third-order valence-corrected chi connectivity index (χ3v) is 5.12. The summed E-state index contributed by atoms with van der Waals surface area (Å²) < 4.78 is 17.4. The van der Waals surface area contributed by atoms with Crippen LogP contribution in [0, 0.1) is 0 Å².